The van der Waals surface area contributed by atoms with Crippen molar-refractivity contribution >= 4 is 23.5 Å². The minimum absolute atomic E-state index is 0.289. The molecule has 116 valence electrons. The lowest BCUT2D eigenvalue weighted by atomic mass is 10.2. The van der Waals surface area contributed by atoms with Gasteiger partial charge in [0.05, 0.1) is 11.9 Å². The van der Waals surface area contributed by atoms with Gasteiger partial charge >= 0.3 is 0 Å². The summed E-state index contributed by atoms with van der Waals surface area (Å²) in [6.45, 7) is 2.09. The Kier molecular flexibility index (Phi) is 5.97. The molecule has 22 heavy (non-hydrogen) atoms. The summed E-state index contributed by atoms with van der Waals surface area (Å²) in [5.41, 5.74) is 0.609. The maximum Gasteiger partial charge on any atom is 0.148 e. The van der Waals surface area contributed by atoms with Gasteiger partial charge in [0.1, 0.15) is 7.14 Å². The molecule has 0 aliphatic carbocycles. The maximum atomic E-state index is 13.8. The van der Waals surface area contributed by atoms with Crippen LogP contribution in [0, 0.1) is 0 Å². The molecule has 0 aliphatic heterocycles. The van der Waals surface area contributed by atoms with Crippen LogP contribution in [0.5, 0.6) is 0 Å². The van der Waals surface area contributed by atoms with Crippen LogP contribution >= 0.6 is 7.14 Å². The van der Waals surface area contributed by atoms with Crippen molar-refractivity contribution in [2.45, 2.75) is 26.2 Å². The molecular formula is C18H22NO2P. The number of benzene rings is 2. The Hall–Kier alpha value is -1.86. The first-order valence-electron chi connectivity index (χ1n) is 7.61. The largest absolute Gasteiger partial charge is 0.411 e. The molecule has 0 aliphatic rings. The fourth-order valence-electron chi connectivity index (χ4n) is 2.47. The van der Waals surface area contributed by atoms with Gasteiger partial charge in [-0.1, -0.05) is 79.2 Å². The van der Waals surface area contributed by atoms with Gasteiger partial charge in [-0.05, 0) is 12.8 Å². The van der Waals surface area contributed by atoms with Crippen LogP contribution in [0.4, 0.5) is 0 Å². The van der Waals surface area contributed by atoms with Crippen molar-refractivity contribution in [1.29, 1.82) is 0 Å². The predicted molar refractivity (Wildman–Crippen MR) is 93.4 cm³/mol. The summed E-state index contributed by atoms with van der Waals surface area (Å²) < 4.78 is 13.8. The highest BCUT2D eigenvalue weighted by Crippen LogP contribution is 2.43. The van der Waals surface area contributed by atoms with Crippen molar-refractivity contribution in [3.8, 4) is 0 Å². The molecule has 0 spiro atoms. The lowest BCUT2D eigenvalue weighted by molar-refractivity contribution is 0.317. The first kappa shape index (κ1) is 16.5. The topological polar surface area (TPSA) is 49.7 Å². The van der Waals surface area contributed by atoms with Crippen molar-refractivity contribution in [2.24, 2.45) is 5.16 Å². The van der Waals surface area contributed by atoms with Gasteiger partial charge in [-0.2, -0.15) is 0 Å². The standard InChI is InChI=1S/C18H22NO2P/c1-2-3-10-16(19-20)15-22(21,17-11-6-4-7-12-17)18-13-8-5-9-14-18/h4-9,11-14,20H,2-3,10,15H2,1H3/b19-16+. The van der Waals surface area contributed by atoms with Gasteiger partial charge in [-0.3, -0.25) is 0 Å². The Bertz CT molecular complexity index is 610. The Morgan fingerprint density at radius 1 is 1.00 bits per heavy atom. The molecule has 0 atom stereocenters. The fourth-order valence-corrected chi connectivity index (χ4v) is 5.17. The maximum absolute atomic E-state index is 13.8. The van der Waals surface area contributed by atoms with Crippen LogP contribution in [0.3, 0.4) is 0 Å². The molecule has 0 heterocycles. The lowest BCUT2D eigenvalue weighted by Crippen LogP contribution is -2.22. The molecule has 2 aromatic carbocycles. The van der Waals surface area contributed by atoms with Crippen LogP contribution in [0.1, 0.15) is 26.2 Å². The summed E-state index contributed by atoms with van der Waals surface area (Å²) in [7, 11) is -2.83. The zero-order valence-corrected chi connectivity index (χ0v) is 13.7. The smallest absolute Gasteiger partial charge is 0.148 e. The second-order valence-electron chi connectivity index (χ2n) is 5.34. The van der Waals surface area contributed by atoms with E-state index < -0.39 is 7.14 Å². The van der Waals surface area contributed by atoms with E-state index in [4.69, 9.17) is 0 Å². The lowest BCUT2D eigenvalue weighted by Gasteiger charge is -2.19. The number of oxime groups is 1. The average molecular weight is 315 g/mol. The predicted octanol–water partition coefficient (Wildman–Crippen LogP) is 4.02. The van der Waals surface area contributed by atoms with Crippen molar-refractivity contribution < 1.29 is 9.77 Å². The second-order valence-corrected chi connectivity index (χ2v) is 8.17. The van der Waals surface area contributed by atoms with Gasteiger partial charge in [-0.15, -0.1) is 0 Å². The molecule has 0 amide bonds. The molecule has 0 aromatic heterocycles. The summed E-state index contributed by atoms with van der Waals surface area (Å²) in [5, 5.41) is 14.3. The molecule has 2 aromatic rings. The molecular weight excluding hydrogens is 293 g/mol. The van der Waals surface area contributed by atoms with Crippen molar-refractivity contribution in [2.75, 3.05) is 6.16 Å². The number of rotatable bonds is 7. The summed E-state index contributed by atoms with van der Waals surface area (Å²) >= 11 is 0. The fraction of sp³-hybridized carbons (Fsp3) is 0.278. The molecule has 0 unspecified atom stereocenters. The minimum Gasteiger partial charge on any atom is -0.411 e. The summed E-state index contributed by atoms with van der Waals surface area (Å²) in [6, 6.07) is 19.0. The van der Waals surface area contributed by atoms with E-state index in [9.17, 15) is 9.77 Å². The summed E-state index contributed by atoms with van der Waals surface area (Å²) in [5.74, 6) is 0. The van der Waals surface area contributed by atoms with Crippen molar-refractivity contribution in [3.05, 3.63) is 60.7 Å². The van der Waals surface area contributed by atoms with Crippen molar-refractivity contribution in [1.82, 2.24) is 0 Å². The van der Waals surface area contributed by atoms with E-state index in [2.05, 4.69) is 12.1 Å². The number of hydrogen-bond acceptors (Lipinski definition) is 3. The molecule has 4 heteroatoms. The third kappa shape index (κ3) is 3.86. The van der Waals surface area contributed by atoms with Gasteiger partial charge in [-0.25, -0.2) is 0 Å². The van der Waals surface area contributed by atoms with Crippen LogP contribution < -0.4 is 10.6 Å². The van der Waals surface area contributed by atoms with E-state index >= 15 is 0 Å². The number of unbranched alkanes of at least 4 members (excludes halogenated alkanes) is 1. The molecule has 0 bridgehead atoms. The first-order chi connectivity index (χ1) is 10.7. The molecule has 1 N–H and O–H groups in total. The highest BCUT2D eigenvalue weighted by atomic mass is 31.2. The monoisotopic (exact) mass is 315 g/mol. The Morgan fingerprint density at radius 2 is 1.50 bits per heavy atom. The number of hydrogen-bond donors (Lipinski definition) is 1. The van der Waals surface area contributed by atoms with Gasteiger partial charge < -0.3 is 9.77 Å². The third-order valence-electron chi connectivity index (χ3n) is 3.71. The van der Waals surface area contributed by atoms with Crippen LogP contribution in [0.2, 0.25) is 0 Å². The molecule has 2 rings (SSSR count). The molecule has 0 saturated carbocycles. The SMILES string of the molecule is CCCC/C(CP(=O)(c1ccccc1)c1ccccc1)=N\O. The summed E-state index contributed by atoms with van der Waals surface area (Å²) in [4.78, 5) is 0. The van der Waals surface area contributed by atoms with E-state index in [-0.39, 0.29) is 6.16 Å². The molecule has 0 fully saturated rings. The van der Waals surface area contributed by atoms with Gasteiger partial charge in [0.25, 0.3) is 0 Å². The van der Waals surface area contributed by atoms with E-state index in [1.54, 1.807) is 0 Å². The Morgan fingerprint density at radius 3 is 1.91 bits per heavy atom. The van der Waals surface area contributed by atoms with Crippen LogP contribution in [-0.2, 0) is 4.57 Å². The van der Waals surface area contributed by atoms with E-state index in [0.717, 1.165) is 23.5 Å². The first-order valence-corrected chi connectivity index (χ1v) is 9.50. The Labute approximate surface area is 132 Å². The van der Waals surface area contributed by atoms with Crippen LogP contribution in [-0.4, -0.2) is 17.1 Å². The number of nitrogens with zero attached hydrogens (tertiary/aromatic N) is 1. The van der Waals surface area contributed by atoms with E-state index in [1.807, 2.05) is 60.7 Å². The van der Waals surface area contributed by atoms with Gasteiger partial charge in [0.15, 0.2) is 0 Å². The van der Waals surface area contributed by atoms with Crippen LogP contribution in [0.25, 0.3) is 0 Å². The molecule has 0 radical (unpaired) electrons. The average Bonchev–Trinajstić information content (AvgIpc) is 2.60. The highest BCUT2D eigenvalue weighted by molar-refractivity contribution is 7.79. The zero-order valence-electron chi connectivity index (χ0n) is 12.9. The summed E-state index contributed by atoms with van der Waals surface area (Å²) in [6.07, 6.45) is 2.91. The van der Waals surface area contributed by atoms with Gasteiger partial charge in [0.2, 0.25) is 0 Å². The zero-order chi connectivity index (χ0) is 15.8. The van der Waals surface area contributed by atoms with Gasteiger partial charge in [0, 0.05) is 10.6 Å². The van der Waals surface area contributed by atoms with E-state index in [1.165, 1.54) is 0 Å². The van der Waals surface area contributed by atoms with Crippen molar-refractivity contribution in [3.63, 3.8) is 0 Å². The van der Waals surface area contributed by atoms with Crippen LogP contribution in [0.15, 0.2) is 65.8 Å². The second kappa shape index (κ2) is 7.95. The normalized spacial score (nSPS) is 12.3. The van der Waals surface area contributed by atoms with E-state index in [0.29, 0.717) is 12.1 Å². The Balaban J connectivity index is 2.41. The quantitative estimate of drug-likeness (QED) is 0.363. The molecule has 3 nitrogen and oxygen atoms in total. The highest BCUT2D eigenvalue weighted by Gasteiger charge is 2.29. The molecule has 0 saturated heterocycles. The third-order valence-corrected chi connectivity index (χ3v) is 6.79. The minimum atomic E-state index is -2.83.